The Morgan fingerprint density at radius 2 is 1.76 bits per heavy atom. The maximum Gasteiger partial charge on any atom is 0.335 e. The van der Waals surface area contributed by atoms with E-state index in [9.17, 15) is 14.7 Å². The molecule has 0 saturated heterocycles. The molecule has 0 aliphatic rings. The predicted molar refractivity (Wildman–Crippen MR) is 135 cm³/mol. The Bertz CT molecular complexity index is 1390. The quantitative estimate of drug-likeness (QED) is 0.374. The second-order valence-corrected chi connectivity index (χ2v) is 9.01. The van der Waals surface area contributed by atoms with Crippen molar-refractivity contribution >= 4 is 28.6 Å². The molecule has 174 valence electrons. The van der Waals surface area contributed by atoms with Crippen LogP contribution in [0.3, 0.4) is 0 Å². The van der Waals surface area contributed by atoms with Gasteiger partial charge in [0, 0.05) is 12.2 Å². The largest absolute Gasteiger partial charge is 0.478 e. The highest BCUT2D eigenvalue weighted by Gasteiger charge is 2.16. The van der Waals surface area contributed by atoms with Gasteiger partial charge in [0.05, 0.1) is 23.0 Å². The number of aryl methyl sites for hydroxylation is 2. The first-order valence-electron chi connectivity index (χ1n) is 11.4. The molecule has 1 heterocycles. The fourth-order valence-electron chi connectivity index (χ4n) is 4.15. The van der Waals surface area contributed by atoms with Gasteiger partial charge in [-0.25, -0.2) is 9.78 Å². The summed E-state index contributed by atoms with van der Waals surface area (Å²) in [4.78, 5) is 29.1. The lowest BCUT2D eigenvalue weighted by Crippen LogP contribution is -2.18. The number of anilines is 1. The normalized spacial score (nSPS) is 11.2. The van der Waals surface area contributed by atoms with Crippen LogP contribution in [0, 0.1) is 13.8 Å². The Morgan fingerprint density at radius 1 is 1.00 bits per heavy atom. The van der Waals surface area contributed by atoms with Gasteiger partial charge in [-0.05, 0) is 66.3 Å². The number of carboxylic acid groups (broad SMARTS) is 1. The number of fused-ring (bicyclic) bond motifs is 1. The molecule has 0 radical (unpaired) electrons. The van der Waals surface area contributed by atoms with Crippen molar-refractivity contribution in [1.82, 2.24) is 9.55 Å². The van der Waals surface area contributed by atoms with Crippen LogP contribution in [0.15, 0.2) is 60.7 Å². The van der Waals surface area contributed by atoms with E-state index in [1.165, 1.54) is 5.56 Å². The van der Waals surface area contributed by atoms with E-state index in [4.69, 9.17) is 4.98 Å². The Labute approximate surface area is 199 Å². The Hall–Kier alpha value is -3.93. The minimum Gasteiger partial charge on any atom is -0.478 e. The number of carboxylic acids is 1. The van der Waals surface area contributed by atoms with Crippen LogP contribution in [-0.2, 0) is 17.8 Å². The molecule has 6 heteroatoms. The van der Waals surface area contributed by atoms with Gasteiger partial charge in [0.1, 0.15) is 5.82 Å². The zero-order valence-electron chi connectivity index (χ0n) is 19.9. The van der Waals surface area contributed by atoms with Crippen molar-refractivity contribution in [3.05, 3.63) is 94.3 Å². The van der Waals surface area contributed by atoms with Crippen LogP contribution in [0.5, 0.6) is 0 Å². The average Bonchev–Trinajstić information content (AvgIpc) is 3.11. The second-order valence-electron chi connectivity index (χ2n) is 9.01. The third-order valence-electron chi connectivity index (χ3n) is 6.12. The number of para-hydroxylation sites is 2. The van der Waals surface area contributed by atoms with Crippen molar-refractivity contribution < 1.29 is 14.7 Å². The van der Waals surface area contributed by atoms with E-state index in [1.807, 2.05) is 60.0 Å². The molecule has 0 spiro atoms. The standard InChI is InChI=1S/C28H29N3O3/c1-17(2)21-11-9-18(3)24(14-21)30-27(32)15-26-29-23-7-5-6-8-25(23)31(26)16-20-10-12-22(28(33)34)19(4)13-20/h5-14,17H,15-16H2,1-4H3,(H,30,32)(H,33,34). The fraction of sp³-hybridized carbons (Fsp3) is 0.250. The molecule has 4 aromatic rings. The van der Waals surface area contributed by atoms with Crippen molar-refractivity contribution in [2.75, 3.05) is 5.32 Å². The van der Waals surface area contributed by atoms with Crippen molar-refractivity contribution in [3.8, 4) is 0 Å². The highest BCUT2D eigenvalue weighted by molar-refractivity contribution is 5.93. The summed E-state index contributed by atoms with van der Waals surface area (Å²) in [7, 11) is 0. The third-order valence-corrected chi connectivity index (χ3v) is 6.12. The summed E-state index contributed by atoms with van der Waals surface area (Å²) in [5, 5.41) is 12.4. The van der Waals surface area contributed by atoms with Crippen LogP contribution < -0.4 is 5.32 Å². The van der Waals surface area contributed by atoms with Crippen LogP contribution in [0.4, 0.5) is 5.69 Å². The van der Waals surface area contributed by atoms with E-state index in [1.54, 1.807) is 13.0 Å². The first-order chi connectivity index (χ1) is 16.2. The number of carbonyl (C=O) groups is 2. The van der Waals surface area contributed by atoms with E-state index in [-0.39, 0.29) is 17.9 Å². The van der Waals surface area contributed by atoms with Gasteiger partial charge in [0.25, 0.3) is 0 Å². The van der Waals surface area contributed by atoms with Crippen LogP contribution in [0.2, 0.25) is 0 Å². The van der Waals surface area contributed by atoms with Crippen LogP contribution >= 0.6 is 0 Å². The highest BCUT2D eigenvalue weighted by atomic mass is 16.4. The molecule has 0 bridgehead atoms. The van der Waals surface area contributed by atoms with Crippen molar-refractivity contribution in [2.24, 2.45) is 0 Å². The zero-order valence-corrected chi connectivity index (χ0v) is 19.9. The van der Waals surface area contributed by atoms with Gasteiger partial charge in [-0.1, -0.05) is 50.2 Å². The molecule has 1 aromatic heterocycles. The van der Waals surface area contributed by atoms with Crippen LogP contribution in [0.25, 0.3) is 11.0 Å². The molecule has 34 heavy (non-hydrogen) atoms. The number of benzene rings is 3. The number of rotatable bonds is 7. The second kappa shape index (κ2) is 9.51. The SMILES string of the molecule is Cc1ccc(C(C)C)cc1NC(=O)Cc1nc2ccccc2n1Cc1ccc(C(=O)O)c(C)c1. The average molecular weight is 456 g/mol. The molecular formula is C28H29N3O3. The molecule has 0 atom stereocenters. The minimum absolute atomic E-state index is 0.127. The van der Waals surface area contributed by atoms with Crippen molar-refractivity contribution in [3.63, 3.8) is 0 Å². The number of nitrogens with one attached hydrogen (secondary N) is 1. The third kappa shape index (κ3) is 4.86. The van der Waals surface area contributed by atoms with E-state index in [0.717, 1.165) is 27.8 Å². The maximum absolute atomic E-state index is 13.0. The predicted octanol–water partition coefficient (Wildman–Crippen LogP) is 5.70. The zero-order chi connectivity index (χ0) is 24.4. The van der Waals surface area contributed by atoms with Crippen molar-refractivity contribution in [2.45, 2.75) is 46.6 Å². The Morgan fingerprint density at radius 3 is 2.47 bits per heavy atom. The summed E-state index contributed by atoms with van der Waals surface area (Å²) in [5.41, 5.74) is 6.71. The molecule has 4 rings (SSSR count). The summed E-state index contributed by atoms with van der Waals surface area (Å²) in [6.45, 7) is 8.53. The minimum atomic E-state index is -0.939. The van der Waals surface area contributed by atoms with Gasteiger partial charge in [0.15, 0.2) is 0 Å². The summed E-state index contributed by atoms with van der Waals surface area (Å²) < 4.78 is 2.03. The summed E-state index contributed by atoms with van der Waals surface area (Å²) in [6, 6.07) is 19.3. The van der Waals surface area contributed by atoms with Gasteiger partial charge >= 0.3 is 5.97 Å². The smallest absolute Gasteiger partial charge is 0.335 e. The molecule has 2 N–H and O–H groups in total. The molecule has 0 saturated carbocycles. The summed E-state index contributed by atoms with van der Waals surface area (Å²) in [6.07, 6.45) is 0.131. The number of amides is 1. The molecule has 0 unspecified atom stereocenters. The number of carbonyl (C=O) groups excluding carboxylic acids is 1. The number of aromatic carboxylic acids is 1. The van der Waals surface area contributed by atoms with Gasteiger partial charge in [-0.15, -0.1) is 0 Å². The van der Waals surface area contributed by atoms with Crippen LogP contribution in [0.1, 0.15) is 58.2 Å². The summed E-state index contributed by atoms with van der Waals surface area (Å²) >= 11 is 0. The Kier molecular flexibility index (Phi) is 6.50. The van der Waals surface area contributed by atoms with Gasteiger partial charge in [0.2, 0.25) is 5.91 Å². The number of imidazole rings is 1. The molecule has 0 aliphatic carbocycles. The molecule has 3 aromatic carbocycles. The first-order valence-corrected chi connectivity index (χ1v) is 11.4. The Balaban J connectivity index is 1.63. The van der Waals surface area contributed by atoms with E-state index in [0.29, 0.717) is 23.9 Å². The molecule has 1 amide bonds. The first kappa shape index (κ1) is 23.2. The number of hydrogen-bond donors (Lipinski definition) is 2. The van der Waals surface area contributed by atoms with Gasteiger partial charge < -0.3 is 15.0 Å². The fourth-order valence-corrected chi connectivity index (χ4v) is 4.15. The lowest BCUT2D eigenvalue weighted by molar-refractivity contribution is -0.115. The highest BCUT2D eigenvalue weighted by Crippen LogP contribution is 2.24. The molecular weight excluding hydrogens is 426 g/mol. The lowest BCUT2D eigenvalue weighted by Gasteiger charge is -2.14. The van der Waals surface area contributed by atoms with Gasteiger partial charge in [-0.3, -0.25) is 4.79 Å². The van der Waals surface area contributed by atoms with Crippen molar-refractivity contribution in [1.29, 1.82) is 0 Å². The topological polar surface area (TPSA) is 84.2 Å². The van der Waals surface area contributed by atoms with E-state index >= 15 is 0 Å². The van der Waals surface area contributed by atoms with Gasteiger partial charge in [-0.2, -0.15) is 0 Å². The molecule has 0 fully saturated rings. The number of nitrogens with zero attached hydrogens (tertiary/aromatic N) is 2. The number of hydrogen-bond acceptors (Lipinski definition) is 3. The van der Waals surface area contributed by atoms with E-state index < -0.39 is 5.97 Å². The lowest BCUT2D eigenvalue weighted by atomic mass is 10.0. The summed E-state index contributed by atoms with van der Waals surface area (Å²) in [5.74, 6) is -0.0305. The van der Waals surface area contributed by atoms with E-state index in [2.05, 4.69) is 25.2 Å². The maximum atomic E-state index is 13.0. The molecule has 0 aliphatic heterocycles. The molecule has 6 nitrogen and oxygen atoms in total. The monoisotopic (exact) mass is 455 g/mol. The van der Waals surface area contributed by atoms with Crippen LogP contribution in [-0.4, -0.2) is 26.5 Å². The number of aromatic nitrogens is 2.